The zero-order valence-corrected chi connectivity index (χ0v) is 88.7. The van der Waals surface area contributed by atoms with E-state index in [0.717, 1.165) is 0 Å². The molecule has 4 amide bonds. The van der Waals surface area contributed by atoms with E-state index in [1.54, 1.807) is 72.8 Å². The van der Waals surface area contributed by atoms with Gasteiger partial charge in [-0.25, -0.2) is 9.80 Å². The fourth-order valence-electron chi connectivity index (χ4n) is 16.4. The van der Waals surface area contributed by atoms with Crippen molar-refractivity contribution < 1.29 is 314 Å². The molecule has 17 rings (SSSR count). The summed E-state index contributed by atoms with van der Waals surface area (Å²) >= 11 is 0. The number of para-hydroxylation sites is 2. The molecule has 580 valence electrons. The number of nitrogens with zero attached hydrogens (tertiary/aromatic N) is 2. The number of hydrogen-bond acceptors (Lipinski definition) is 16. The maximum atomic E-state index is 17.1. The number of fused-ring (bicyclic) bond motifs is 2. The predicted molar refractivity (Wildman–Crippen MR) is 440 cm³/mol. The molecule has 0 atom stereocenters. The number of amides is 4. The van der Waals surface area contributed by atoms with Crippen LogP contribution in [-0.4, -0.2) is 47.5 Å². The molecule has 0 aromatic heterocycles. The first-order valence-corrected chi connectivity index (χ1v) is 38.2. The Bertz CT molecular complexity index is 6370. The average Bonchev–Trinajstić information content (AvgIpc) is 0.667. The standard InChI is InChI=1S/C100H70N2O16.8Na/c1-51(2)63-27-19-28-64(52(3)4)91(63)101-93(103)71-47-79(115-75-31-17-15-25-67(75)55-21-11-9-12-22-55)85-86-80(116-76-32-18-16-26-68(76)56-23-13-10-14-24-56)48-72-84-74(96(106)102(94(72)104)92-65(53(5)6)29-20-30-66(92)54(7)8)50-82(118-78-44-42-62(100(113)114)46-70(78)58-35-39-60(40-36-58)98(109)110)88(90(84)86)87-81(49-73(95(101)105)83(71)89(85)87)117-77-43-41-61(99(111)112)45-69(77)57-33-37-59(38-34-57)97(107)108;;;;;;;;/h11-14,17-54H,1-8H3,(H,107,108)(H,109,110)(H,111,112)(H,113,114);;;;;;;;/q-4;8*+1/p-4. The van der Waals surface area contributed by atoms with Crippen LogP contribution in [0.2, 0.25) is 0 Å². The molecule has 0 saturated carbocycles. The van der Waals surface area contributed by atoms with Gasteiger partial charge in [0.15, 0.2) is 0 Å². The average molecular weight is 1740 g/mol. The molecule has 15 aromatic rings. The van der Waals surface area contributed by atoms with Crippen LogP contribution in [0.15, 0.2) is 231 Å². The minimum Gasteiger partial charge on any atom is -0.545 e. The van der Waals surface area contributed by atoms with Crippen molar-refractivity contribution in [1.82, 2.24) is 0 Å². The molecule has 15 aromatic carbocycles. The molecule has 0 radical (unpaired) electrons. The molecule has 126 heavy (non-hydrogen) atoms. The van der Waals surface area contributed by atoms with Crippen molar-refractivity contribution in [2.75, 3.05) is 9.80 Å². The molecule has 0 saturated heterocycles. The Hall–Kier alpha value is -7.04. The summed E-state index contributed by atoms with van der Waals surface area (Å²) in [6.07, 6.45) is 0. The van der Waals surface area contributed by atoms with Gasteiger partial charge < -0.3 is 58.6 Å². The number of ether oxygens (including phenoxy) is 4. The Labute approximate surface area is 904 Å². The van der Waals surface area contributed by atoms with Crippen LogP contribution in [0.4, 0.5) is 11.4 Å². The van der Waals surface area contributed by atoms with Crippen LogP contribution >= 0.6 is 0 Å². The van der Waals surface area contributed by atoms with Gasteiger partial charge in [0.2, 0.25) is 0 Å². The molecule has 0 spiro atoms. The summed E-state index contributed by atoms with van der Waals surface area (Å²) in [6, 6.07) is 72.9. The molecule has 2 heterocycles. The second-order valence-corrected chi connectivity index (χ2v) is 30.3. The Kier molecular flexibility index (Phi) is 34.6. The van der Waals surface area contributed by atoms with Crippen LogP contribution in [0.3, 0.4) is 0 Å². The summed E-state index contributed by atoms with van der Waals surface area (Å²) < 4.78 is 30.4. The largest absolute Gasteiger partial charge is 1.00 e. The summed E-state index contributed by atoms with van der Waals surface area (Å²) in [5.41, 5.74) is 4.77. The molecule has 18 nitrogen and oxygen atoms in total. The van der Waals surface area contributed by atoms with E-state index in [-0.39, 0.29) is 416 Å². The first-order valence-electron chi connectivity index (χ1n) is 38.2. The monoisotopic (exact) mass is 1730 g/mol. The zero-order chi connectivity index (χ0) is 82.5. The van der Waals surface area contributed by atoms with Crippen molar-refractivity contribution in [3.63, 3.8) is 0 Å². The van der Waals surface area contributed by atoms with E-state index in [1.807, 2.05) is 116 Å². The Balaban J connectivity index is 0.00000224. The number of rotatable bonds is 22. The van der Waals surface area contributed by atoms with E-state index in [0.29, 0.717) is 55.9 Å². The maximum Gasteiger partial charge on any atom is 1.00 e. The molecular formula is C100H66N2Na8O16. The van der Waals surface area contributed by atoms with Gasteiger partial charge in [0.1, 0.15) is 34.5 Å². The van der Waals surface area contributed by atoms with E-state index in [2.05, 4.69) is 24.3 Å². The number of aromatic carboxylic acids is 4. The molecule has 0 aliphatic carbocycles. The molecule has 0 N–H and O–H groups in total. The van der Waals surface area contributed by atoms with E-state index in [1.165, 1.54) is 107 Å². The van der Waals surface area contributed by atoms with Crippen LogP contribution in [-0.2, 0) is 0 Å². The Morgan fingerprint density at radius 3 is 0.770 bits per heavy atom. The van der Waals surface area contributed by atoms with E-state index >= 15 is 19.2 Å². The number of carbonyl (C=O) groups is 8. The van der Waals surface area contributed by atoms with Gasteiger partial charge in [0, 0.05) is 65.7 Å². The quantitative estimate of drug-likeness (QED) is 0.0201. The van der Waals surface area contributed by atoms with Gasteiger partial charge in [-0.3, -0.25) is 19.2 Å². The second kappa shape index (κ2) is 42.5. The van der Waals surface area contributed by atoms with Gasteiger partial charge in [-0.05, 0) is 140 Å². The van der Waals surface area contributed by atoms with Gasteiger partial charge in [0.05, 0.1) is 57.5 Å². The SMILES string of the molecule is CC(C)c1cccc(C(C)C)c1N1C(=O)c2cc(Oc3cc[c-]cc3-c3cc[c-]cc3)c3c4c(Oc5cc[c-]cc5-c5cc[c-]cc5)cc5c6c(cc(Oc7ccc(C(=O)[O-])cc7-c7ccc(C(=O)[O-])cc7)c(c7c(Oc8ccc(C(=O)[O-])cc8-c8ccc(C(=O)[O-])cc8)cc(c2c37)C1=O)c64)C(=O)N(c1c(C(C)C)cccc1C(C)C)C5=O.[Na+].[Na+].[Na+].[Na+].[Na+].[Na+].[Na+].[Na+]. The number of carbonyl (C=O) groups excluding carboxylic acids is 8. The smallest absolute Gasteiger partial charge is 0.545 e. The number of carboxylic acid groups (broad SMARTS) is 4. The van der Waals surface area contributed by atoms with Gasteiger partial charge in [-0.15, -0.1) is 23.3 Å². The summed E-state index contributed by atoms with van der Waals surface area (Å²) in [5, 5.41) is 51.5. The summed E-state index contributed by atoms with van der Waals surface area (Å²) in [5.74, 6) is -10.8. The fourth-order valence-corrected chi connectivity index (χ4v) is 16.4. The van der Waals surface area contributed by atoms with Crippen LogP contribution in [0.1, 0.15) is 184 Å². The number of benzene rings is 15. The predicted octanol–water partition coefficient (Wildman–Crippen LogP) is -5.64. The Morgan fingerprint density at radius 2 is 0.508 bits per heavy atom. The van der Waals surface area contributed by atoms with Crippen LogP contribution in [0.25, 0.3) is 87.6 Å². The summed E-state index contributed by atoms with van der Waals surface area (Å²) in [6.45, 7) is 15.6. The molecule has 26 heteroatoms. The van der Waals surface area contributed by atoms with Gasteiger partial charge in [-0.1, -0.05) is 140 Å². The van der Waals surface area contributed by atoms with Crippen molar-refractivity contribution in [3.8, 4) is 90.5 Å². The Morgan fingerprint density at radius 1 is 0.262 bits per heavy atom. The normalized spacial score (nSPS) is 11.9. The molecular weight excluding hydrogens is 1670 g/mol. The topological polar surface area (TPSA) is 272 Å². The molecule has 0 unspecified atom stereocenters. The van der Waals surface area contributed by atoms with Crippen LogP contribution in [0.5, 0.6) is 46.0 Å². The maximum absolute atomic E-state index is 17.1. The second-order valence-electron chi connectivity index (χ2n) is 30.3. The third-order valence-electron chi connectivity index (χ3n) is 21.9. The minimum absolute atomic E-state index is 0. The number of imide groups is 2. The third kappa shape index (κ3) is 18.8. The van der Waals surface area contributed by atoms with Gasteiger partial charge in [-0.2, -0.15) is 108 Å². The summed E-state index contributed by atoms with van der Waals surface area (Å²) in [7, 11) is 0. The van der Waals surface area contributed by atoms with Crippen molar-refractivity contribution in [3.05, 3.63) is 322 Å². The van der Waals surface area contributed by atoms with E-state index in [4.69, 9.17) is 18.9 Å². The van der Waals surface area contributed by atoms with Crippen LogP contribution in [0, 0.1) is 24.3 Å². The zero-order valence-electron chi connectivity index (χ0n) is 72.7. The first kappa shape index (κ1) is 103. The molecule has 2 aliphatic heterocycles. The molecule has 2 aliphatic rings. The number of anilines is 2. The van der Waals surface area contributed by atoms with Gasteiger partial charge >= 0.3 is 236 Å². The third-order valence-corrected chi connectivity index (χ3v) is 21.9. The van der Waals surface area contributed by atoms with Crippen molar-refractivity contribution >= 4 is 102 Å². The van der Waals surface area contributed by atoms with Crippen LogP contribution < -0.4 is 286 Å². The molecule has 0 bridgehead atoms. The van der Waals surface area contributed by atoms with E-state index < -0.39 is 47.5 Å². The minimum atomic E-state index is -1.59. The van der Waals surface area contributed by atoms with Crippen molar-refractivity contribution in [2.24, 2.45) is 0 Å². The number of carboxylic acids is 4. The van der Waals surface area contributed by atoms with Crippen molar-refractivity contribution in [1.29, 1.82) is 0 Å². The summed E-state index contributed by atoms with van der Waals surface area (Å²) in [4.78, 5) is 122. The fraction of sp³-hybridized carbons (Fsp3) is 0.120. The first-order chi connectivity index (χ1) is 56.8. The van der Waals surface area contributed by atoms with Crippen molar-refractivity contribution in [2.45, 2.75) is 79.1 Å². The van der Waals surface area contributed by atoms with E-state index in [9.17, 15) is 39.6 Å². The number of hydrogen-bond donors (Lipinski definition) is 0. The van der Waals surface area contributed by atoms with Gasteiger partial charge in [0.25, 0.3) is 23.6 Å². The molecule has 0 fully saturated rings.